The summed E-state index contributed by atoms with van der Waals surface area (Å²) in [7, 11) is 1.56. The molecule has 0 spiro atoms. The monoisotopic (exact) mass is 271 g/mol. The second kappa shape index (κ2) is 6.19. The summed E-state index contributed by atoms with van der Waals surface area (Å²) in [5, 5.41) is 2.80. The zero-order valence-corrected chi connectivity index (χ0v) is 11.6. The van der Waals surface area contributed by atoms with E-state index in [0.29, 0.717) is 22.6 Å². The lowest BCUT2D eigenvalue weighted by Crippen LogP contribution is -2.17. The molecule has 0 saturated carbocycles. The second-order valence-electron chi connectivity index (χ2n) is 4.56. The zero-order valence-electron chi connectivity index (χ0n) is 11.6. The van der Waals surface area contributed by atoms with Crippen molar-refractivity contribution in [3.63, 3.8) is 0 Å². The predicted molar refractivity (Wildman–Crippen MR) is 77.5 cm³/mol. The Bertz CT molecular complexity index is 582. The van der Waals surface area contributed by atoms with Crippen molar-refractivity contribution in [2.75, 3.05) is 12.4 Å². The van der Waals surface area contributed by atoms with Crippen LogP contribution in [0.25, 0.3) is 0 Å². The smallest absolute Gasteiger partial charge is 0.259 e. The Balaban J connectivity index is 2.10. The van der Waals surface area contributed by atoms with Crippen molar-refractivity contribution in [1.82, 2.24) is 0 Å². The lowest BCUT2D eigenvalue weighted by Gasteiger charge is -2.14. The normalized spacial score (nSPS) is 14.1. The van der Waals surface area contributed by atoms with Crippen LogP contribution in [0.3, 0.4) is 0 Å². The third-order valence-corrected chi connectivity index (χ3v) is 3.12. The Morgan fingerprint density at radius 3 is 2.35 bits per heavy atom. The Morgan fingerprint density at radius 1 is 1.10 bits per heavy atom. The number of carbonyl (C=O) groups excluding carboxylic acids is 2. The highest BCUT2D eigenvalue weighted by Gasteiger charge is 2.17. The van der Waals surface area contributed by atoms with E-state index in [0.717, 1.165) is 12.8 Å². The largest absolute Gasteiger partial charge is 0.496 e. The summed E-state index contributed by atoms with van der Waals surface area (Å²) in [6, 6.07) is 6.82. The fourth-order valence-corrected chi connectivity index (χ4v) is 2.04. The van der Waals surface area contributed by atoms with Crippen LogP contribution in [0.2, 0.25) is 0 Å². The fourth-order valence-electron chi connectivity index (χ4n) is 2.04. The van der Waals surface area contributed by atoms with E-state index in [1.807, 2.05) is 12.2 Å². The molecule has 0 aliphatic heterocycles. The number of rotatable bonds is 4. The average molecular weight is 271 g/mol. The molecule has 20 heavy (non-hydrogen) atoms. The van der Waals surface area contributed by atoms with Gasteiger partial charge in [0.2, 0.25) is 0 Å². The van der Waals surface area contributed by atoms with Crippen molar-refractivity contribution in [3.05, 3.63) is 53.3 Å². The minimum absolute atomic E-state index is 0.00229. The van der Waals surface area contributed by atoms with E-state index in [4.69, 9.17) is 4.74 Å². The van der Waals surface area contributed by atoms with Crippen LogP contribution in [0.4, 0.5) is 5.69 Å². The molecule has 0 bridgehead atoms. The summed E-state index contributed by atoms with van der Waals surface area (Å²) in [6.45, 7) is 1.51. The van der Waals surface area contributed by atoms with Crippen LogP contribution >= 0.6 is 0 Å². The van der Waals surface area contributed by atoms with Crippen molar-refractivity contribution in [2.24, 2.45) is 0 Å². The van der Waals surface area contributed by atoms with Gasteiger partial charge in [-0.1, -0.05) is 6.08 Å². The first-order chi connectivity index (χ1) is 9.61. The van der Waals surface area contributed by atoms with Gasteiger partial charge in [0.1, 0.15) is 5.76 Å². The number of hydrogen-bond donors (Lipinski definition) is 1. The van der Waals surface area contributed by atoms with Gasteiger partial charge in [-0.15, -0.1) is 0 Å². The molecule has 0 heterocycles. The average Bonchev–Trinajstić information content (AvgIpc) is 2.47. The Morgan fingerprint density at radius 2 is 1.75 bits per heavy atom. The van der Waals surface area contributed by atoms with Gasteiger partial charge in [0.15, 0.2) is 5.78 Å². The Labute approximate surface area is 118 Å². The van der Waals surface area contributed by atoms with Gasteiger partial charge in [-0.2, -0.15) is 0 Å². The molecule has 1 aliphatic carbocycles. The molecular weight excluding hydrogens is 254 g/mol. The van der Waals surface area contributed by atoms with Crippen molar-refractivity contribution in [1.29, 1.82) is 0 Å². The van der Waals surface area contributed by atoms with Crippen molar-refractivity contribution < 1.29 is 14.3 Å². The maximum absolute atomic E-state index is 12.2. The molecule has 0 atom stereocenters. The highest BCUT2D eigenvalue weighted by Crippen LogP contribution is 2.21. The number of methoxy groups -OCH3 is 1. The van der Waals surface area contributed by atoms with Gasteiger partial charge in [-0.3, -0.25) is 9.59 Å². The van der Waals surface area contributed by atoms with Gasteiger partial charge in [0.05, 0.1) is 12.7 Å². The van der Waals surface area contributed by atoms with E-state index in [1.54, 1.807) is 31.4 Å². The number of benzene rings is 1. The van der Waals surface area contributed by atoms with Crippen LogP contribution in [0.1, 0.15) is 30.1 Å². The van der Waals surface area contributed by atoms with E-state index in [1.165, 1.54) is 6.92 Å². The highest BCUT2D eigenvalue weighted by atomic mass is 16.5. The fraction of sp³-hybridized carbons (Fsp3) is 0.250. The first-order valence-corrected chi connectivity index (χ1v) is 6.49. The summed E-state index contributed by atoms with van der Waals surface area (Å²) >= 11 is 0. The lowest BCUT2D eigenvalue weighted by molar-refractivity contribution is -0.112. The molecule has 0 unspecified atom stereocenters. The summed E-state index contributed by atoms with van der Waals surface area (Å²) in [5.41, 5.74) is 1.83. The van der Waals surface area contributed by atoms with Crippen LogP contribution in [0, 0.1) is 0 Å². The first kappa shape index (κ1) is 14.1. The van der Waals surface area contributed by atoms with Gasteiger partial charge in [-0.25, -0.2) is 0 Å². The minimum atomic E-state index is -0.201. The van der Waals surface area contributed by atoms with Crippen LogP contribution in [0.15, 0.2) is 47.7 Å². The molecule has 0 saturated heterocycles. The molecule has 0 aromatic heterocycles. The van der Waals surface area contributed by atoms with E-state index >= 15 is 0 Å². The Kier molecular flexibility index (Phi) is 4.35. The van der Waals surface area contributed by atoms with Gasteiger partial charge in [0, 0.05) is 11.3 Å². The third kappa shape index (κ3) is 3.15. The van der Waals surface area contributed by atoms with Crippen LogP contribution in [-0.4, -0.2) is 18.8 Å². The van der Waals surface area contributed by atoms with Gasteiger partial charge >= 0.3 is 0 Å². The molecular formula is C16H17NO3. The number of nitrogens with one attached hydrogen (secondary N) is 1. The number of ketones is 1. The second-order valence-corrected chi connectivity index (χ2v) is 4.56. The van der Waals surface area contributed by atoms with E-state index in [-0.39, 0.29) is 11.7 Å². The zero-order chi connectivity index (χ0) is 14.5. The maximum Gasteiger partial charge on any atom is 0.259 e. The highest BCUT2D eigenvalue weighted by molar-refractivity contribution is 6.06. The molecule has 1 amide bonds. The summed E-state index contributed by atoms with van der Waals surface area (Å²) < 4.78 is 5.20. The number of anilines is 1. The molecule has 1 N–H and O–H groups in total. The predicted octanol–water partition coefficient (Wildman–Crippen LogP) is 3.08. The van der Waals surface area contributed by atoms with Crippen LogP contribution < -0.4 is 5.32 Å². The van der Waals surface area contributed by atoms with Crippen molar-refractivity contribution in [2.45, 2.75) is 19.8 Å². The first-order valence-electron chi connectivity index (χ1n) is 6.49. The SMILES string of the molecule is COC1=CCCC=C1C(=O)Nc1ccc(C(C)=O)cc1. The molecule has 1 aliphatic rings. The molecule has 104 valence electrons. The summed E-state index contributed by atoms with van der Waals surface area (Å²) in [4.78, 5) is 23.4. The van der Waals surface area contributed by atoms with E-state index < -0.39 is 0 Å². The topological polar surface area (TPSA) is 55.4 Å². The molecule has 1 aromatic rings. The van der Waals surface area contributed by atoms with E-state index in [2.05, 4.69) is 5.32 Å². The molecule has 0 radical (unpaired) electrons. The number of allylic oxidation sites excluding steroid dienone is 2. The Hall–Kier alpha value is -2.36. The number of carbonyl (C=O) groups is 2. The minimum Gasteiger partial charge on any atom is -0.496 e. The molecule has 4 nitrogen and oxygen atoms in total. The van der Waals surface area contributed by atoms with Gasteiger partial charge < -0.3 is 10.1 Å². The maximum atomic E-state index is 12.2. The summed E-state index contributed by atoms with van der Waals surface area (Å²) in [5.74, 6) is 0.407. The van der Waals surface area contributed by atoms with Crippen LogP contribution in [0.5, 0.6) is 0 Å². The number of amides is 1. The van der Waals surface area contributed by atoms with Crippen molar-refractivity contribution in [3.8, 4) is 0 Å². The van der Waals surface area contributed by atoms with Crippen molar-refractivity contribution >= 4 is 17.4 Å². The lowest BCUT2D eigenvalue weighted by atomic mass is 10.0. The van der Waals surface area contributed by atoms with Crippen LogP contribution in [-0.2, 0) is 9.53 Å². The molecule has 0 fully saturated rings. The van der Waals surface area contributed by atoms with Gasteiger partial charge in [0.25, 0.3) is 5.91 Å². The molecule has 2 rings (SSSR count). The number of Topliss-reactive ketones (excluding diaryl/α,β-unsaturated/α-hetero) is 1. The third-order valence-electron chi connectivity index (χ3n) is 3.12. The molecule has 4 heteroatoms. The van der Waals surface area contributed by atoms with E-state index in [9.17, 15) is 9.59 Å². The standard InChI is InChI=1S/C16H17NO3/c1-11(18)12-7-9-13(10-8-12)17-16(19)14-5-3-4-6-15(14)20-2/h5-10H,3-4H2,1-2H3,(H,17,19). The quantitative estimate of drug-likeness (QED) is 0.856. The molecule has 1 aromatic carbocycles. The number of ether oxygens (including phenoxy) is 1. The summed E-state index contributed by atoms with van der Waals surface area (Å²) in [6.07, 6.45) is 5.50. The number of hydrogen-bond acceptors (Lipinski definition) is 3. The van der Waals surface area contributed by atoms with Gasteiger partial charge in [-0.05, 0) is 50.1 Å².